The fraction of sp³-hybridized carbons (Fsp3) is 0.294. The van der Waals surface area contributed by atoms with Crippen LogP contribution in [0.25, 0.3) is 0 Å². The Morgan fingerprint density at radius 3 is 2.70 bits per heavy atom. The lowest BCUT2D eigenvalue weighted by Crippen LogP contribution is -2.35. The molecule has 0 saturated heterocycles. The van der Waals surface area contributed by atoms with Crippen LogP contribution >= 0.6 is 0 Å². The van der Waals surface area contributed by atoms with Crippen LogP contribution in [0.15, 0.2) is 42.5 Å². The Labute approximate surface area is 117 Å². The number of halogens is 2. The van der Waals surface area contributed by atoms with Gasteiger partial charge in [0.25, 0.3) is 0 Å². The molecule has 0 fully saturated rings. The second-order valence-electron chi connectivity index (χ2n) is 5.54. The van der Waals surface area contributed by atoms with E-state index in [4.69, 9.17) is 0 Å². The topological polar surface area (TPSA) is 12.0 Å². The zero-order valence-corrected chi connectivity index (χ0v) is 11.4. The molecule has 0 spiro atoms. The highest BCUT2D eigenvalue weighted by molar-refractivity contribution is 5.54. The number of fused-ring (bicyclic) bond motifs is 1. The highest BCUT2D eigenvalue weighted by atomic mass is 19.2. The summed E-state index contributed by atoms with van der Waals surface area (Å²) in [6, 6.07) is 12.7. The number of benzene rings is 2. The molecule has 20 heavy (non-hydrogen) atoms. The van der Waals surface area contributed by atoms with Crippen molar-refractivity contribution in [1.29, 1.82) is 0 Å². The van der Waals surface area contributed by atoms with Gasteiger partial charge in [0, 0.05) is 11.7 Å². The molecule has 1 aliphatic heterocycles. The fourth-order valence-electron chi connectivity index (χ4n) is 2.84. The Bertz CT molecular complexity index is 624. The molecule has 1 heterocycles. The molecule has 0 radical (unpaired) electrons. The van der Waals surface area contributed by atoms with Crippen LogP contribution in [0.1, 0.15) is 18.1 Å². The minimum atomic E-state index is -0.788. The Hall–Kier alpha value is -1.90. The minimum absolute atomic E-state index is 0.245. The normalized spacial score (nSPS) is 21.1. The third-order valence-electron chi connectivity index (χ3n) is 4.03. The fourth-order valence-corrected chi connectivity index (χ4v) is 2.84. The number of nitrogens with one attached hydrogen (secondary N) is 1. The molecule has 0 amide bonds. The van der Waals surface area contributed by atoms with Crippen LogP contribution in [-0.2, 0) is 12.8 Å². The smallest absolute Gasteiger partial charge is 0.159 e. The van der Waals surface area contributed by atoms with Crippen molar-refractivity contribution in [1.82, 2.24) is 0 Å². The lowest BCUT2D eigenvalue weighted by atomic mass is 9.85. The van der Waals surface area contributed by atoms with Crippen LogP contribution in [-0.4, -0.2) is 6.04 Å². The van der Waals surface area contributed by atoms with Crippen LogP contribution in [0, 0.1) is 17.6 Å². The van der Waals surface area contributed by atoms with Crippen molar-refractivity contribution in [3.8, 4) is 0 Å². The Morgan fingerprint density at radius 1 is 1.10 bits per heavy atom. The summed E-state index contributed by atoms with van der Waals surface area (Å²) in [6.07, 6.45) is 1.71. The Morgan fingerprint density at radius 2 is 1.90 bits per heavy atom. The van der Waals surface area contributed by atoms with E-state index >= 15 is 0 Å². The maximum absolute atomic E-state index is 13.3. The van der Waals surface area contributed by atoms with E-state index in [-0.39, 0.29) is 6.04 Å². The SMILES string of the molecule is CC1Cc2ccccc2NC1Cc1ccc(F)c(F)c1. The van der Waals surface area contributed by atoms with Crippen molar-refractivity contribution in [3.63, 3.8) is 0 Å². The largest absolute Gasteiger partial charge is 0.381 e. The zero-order valence-electron chi connectivity index (χ0n) is 11.4. The van der Waals surface area contributed by atoms with Gasteiger partial charge in [-0.1, -0.05) is 31.2 Å². The summed E-state index contributed by atoms with van der Waals surface area (Å²) in [5, 5.41) is 3.51. The number of anilines is 1. The maximum atomic E-state index is 13.3. The first-order chi connectivity index (χ1) is 9.63. The van der Waals surface area contributed by atoms with Gasteiger partial charge in [0.05, 0.1) is 0 Å². The van der Waals surface area contributed by atoms with Gasteiger partial charge in [0.2, 0.25) is 0 Å². The molecule has 1 nitrogen and oxygen atoms in total. The van der Waals surface area contributed by atoms with E-state index in [1.165, 1.54) is 17.7 Å². The third kappa shape index (κ3) is 2.53. The van der Waals surface area contributed by atoms with Crippen LogP contribution < -0.4 is 5.32 Å². The molecule has 0 aromatic heterocycles. The van der Waals surface area contributed by atoms with E-state index in [9.17, 15) is 8.78 Å². The third-order valence-corrected chi connectivity index (χ3v) is 4.03. The van der Waals surface area contributed by atoms with Crippen LogP contribution in [0.4, 0.5) is 14.5 Å². The molecule has 0 bridgehead atoms. The Balaban J connectivity index is 1.79. The van der Waals surface area contributed by atoms with Crippen LogP contribution in [0.3, 0.4) is 0 Å². The predicted molar refractivity (Wildman–Crippen MR) is 76.8 cm³/mol. The second-order valence-corrected chi connectivity index (χ2v) is 5.54. The van der Waals surface area contributed by atoms with E-state index in [2.05, 4.69) is 24.4 Å². The van der Waals surface area contributed by atoms with Gasteiger partial charge in [-0.05, 0) is 48.1 Å². The van der Waals surface area contributed by atoms with Crippen LogP contribution in [0.2, 0.25) is 0 Å². The highest BCUT2D eigenvalue weighted by Crippen LogP contribution is 2.29. The number of hydrogen-bond donors (Lipinski definition) is 1. The van der Waals surface area contributed by atoms with Crippen molar-refractivity contribution in [2.75, 3.05) is 5.32 Å². The highest BCUT2D eigenvalue weighted by Gasteiger charge is 2.24. The van der Waals surface area contributed by atoms with Gasteiger partial charge >= 0.3 is 0 Å². The number of hydrogen-bond acceptors (Lipinski definition) is 1. The molecule has 1 aliphatic rings. The van der Waals surface area contributed by atoms with Gasteiger partial charge in [-0.25, -0.2) is 8.78 Å². The number of rotatable bonds is 2. The van der Waals surface area contributed by atoms with Crippen molar-refractivity contribution >= 4 is 5.69 Å². The molecule has 0 saturated carbocycles. The van der Waals surface area contributed by atoms with Gasteiger partial charge in [0.15, 0.2) is 11.6 Å². The van der Waals surface area contributed by atoms with Crippen molar-refractivity contribution < 1.29 is 8.78 Å². The molecule has 104 valence electrons. The lowest BCUT2D eigenvalue weighted by molar-refractivity contribution is 0.458. The van der Waals surface area contributed by atoms with Gasteiger partial charge in [-0.2, -0.15) is 0 Å². The summed E-state index contributed by atoms with van der Waals surface area (Å²) >= 11 is 0. The number of para-hydroxylation sites is 1. The summed E-state index contributed by atoms with van der Waals surface area (Å²) in [7, 11) is 0. The zero-order chi connectivity index (χ0) is 14.1. The molecular weight excluding hydrogens is 256 g/mol. The second kappa shape index (κ2) is 5.23. The summed E-state index contributed by atoms with van der Waals surface area (Å²) in [5.74, 6) is -1.10. The molecule has 0 aliphatic carbocycles. The molecule has 2 aromatic carbocycles. The monoisotopic (exact) mass is 273 g/mol. The van der Waals surface area contributed by atoms with E-state index in [1.807, 2.05) is 12.1 Å². The molecular formula is C17H17F2N. The van der Waals surface area contributed by atoms with E-state index in [1.54, 1.807) is 6.07 Å². The maximum Gasteiger partial charge on any atom is 0.159 e. The molecule has 2 unspecified atom stereocenters. The van der Waals surface area contributed by atoms with Gasteiger partial charge in [-0.15, -0.1) is 0 Å². The molecule has 2 atom stereocenters. The van der Waals surface area contributed by atoms with E-state index in [0.717, 1.165) is 17.7 Å². The van der Waals surface area contributed by atoms with Crippen molar-refractivity contribution in [3.05, 3.63) is 65.2 Å². The Kier molecular flexibility index (Phi) is 3.43. The predicted octanol–water partition coefficient (Wildman–Crippen LogP) is 4.18. The lowest BCUT2D eigenvalue weighted by Gasteiger charge is -2.33. The van der Waals surface area contributed by atoms with Gasteiger partial charge in [-0.3, -0.25) is 0 Å². The summed E-state index contributed by atoms with van der Waals surface area (Å²) in [6.45, 7) is 2.19. The van der Waals surface area contributed by atoms with E-state index < -0.39 is 11.6 Å². The quantitative estimate of drug-likeness (QED) is 0.865. The average molecular weight is 273 g/mol. The first-order valence-electron chi connectivity index (χ1n) is 6.92. The van der Waals surface area contributed by atoms with Crippen molar-refractivity contribution in [2.45, 2.75) is 25.8 Å². The molecule has 3 rings (SSSR count). The van der Waals surface area contributed by atoms with Crippen molar-refractivity contribution in [2.24, 2.45) is 5.92 Å². The molecule has 1 N–H and O–H groups in total. The van der Waals surface area contributed by atoms with E-state index in [0.29, 0.717) is 12.3 Å². The summed E-state index contributed by atoms with van der Waals surface area (Å²) < 4.78 is 26.2. The van der Waals surface area contributed by atoms with Gasteiger partial charge < -0.3 is 5.32 Å². The minimum Gasteiger partial charge on any atom is -0.381 e. The standard InChI is InChI=1S/C17H17F2N/c1-11-8-13-4-2-3-5-16(13)20-17(11)10-12-6-7-14(18)15(19)9-12/h2-7,9,11,17,20H,8,10H2,1H3. The first-order valence-corrected chi connectivity index (χ1v) is 6.92. The molecule has 3 heteroatoms. The molecule has 2 aromatic rings. The average Bonchev–Trinajstić information content (AvgIpc) is 2.44. The summed E-state index contributed by atoms with van der Waals surface area (Å²) in [5.41, 5.74) is 3.30. The van der Waals surface area contributed by atoms with Gasteiger partial charge in [0.1, 0.15) is 0 Å². The first kappa shape index (κ1) is 13.1. The van der Waals surface area contributed by atoms with Crippen LogP contribution in [0.5, 0.6) is 0 Å². The summed E-state index contributed by atoms with van der Waals surface area (Å²) in [4.78, 5) is 0.